The fourth-order valence-corrected chi connectivity index (χ4v) is 1.14. The van der Waals surface area contributed by atoms with E-state index in [1.807, 2.05) is 0 Å². The second-order valence-electron chi connectivity index (χ2n) is 5.05. The van der Waals surface area contributed by atoms with Crippen molar-refractivity contribution in [3.8, 4) is 0 Å². The molecule has 0 aromatic carbocycles. The van der Waals surface area contributed by atoms with E-state index in [0.29, 0.717) is 11.3 Å². The molecule has 0 saturated heterocycles. The van der Waals surface area contributed by atoms with Crippen molar-refractivity contribution >= 4 is 0 Å². The predicted octanol–water partition coefficient (Wildman–Crippen LogP) is 3.22. The molecule has 2 atom stereocenters. The molecule has 2 unspecified atom stereocenters. The third-order valence-corrected chi connectivity index (χ3v) is 2.49. The second kappa shape index (κ2) is 4.86. The minimum atomic E-state index is -0.103. The second-order valence-corrected chi connectivity index (χ2v) is 5.05. The predicted molar refractivity (Wildman–Crippen MR) is 54.2 cm³/mol. The van der Waals surface area contributed by atoms with Gasteiger partial charge in [-0.1, -0.05) is 41.0 Å². The van der Waals surface area contributed by atoms with Gasteiger partial charge in [0.2, 0.25) is 0 Å². The normalized spacial score (nSPS) is 17.5. The Hall–Kier alpha value is -0.0400. The maximum absolute atomic E-state index is 9.68. The molecule has 0 aliphatic heterocycles. The first-order valence-corrected chi connectivity index (χ1v) is 5.05. The Labute approximate surface area is 77.2 Å². The van der Waals surface area contributed by atoms with Crippen molar-refractivity contribution in [2.75, 3.05) is 0 Å². The molecular formula is C11H24O. The van der Waals surface area contributed by atoms with Crippen LogP contribution in [0, 0.1) is 11.3 Å². The van der Waals surface area contributed by atoms with Crippen molar-refractivity contribution in [1.29, 1.82) is 0 Å². The molecule has 0 rings (SSSR count). The van der Waals surface area contributed by atoms with E-state index < -0.39 is 0 Å². The summed E-state index contributed by atoms with van der Waals surface area (Å²) >= 11 is 0. The van der Waals surface area contributed by atoms with Crippen LogP contribution in [0.3, 0.4) is 0 Å². The van der Waals surface area contributed by atoms with Gasteiger partial charge in [-0.15, -0.1) is 0 Å². The Morgan fingerprint density at radius 3 is 2.08 bits per heavy atom. The van der Waals surface area contributed by atoms with Gasteiger partial charge in [0.1, 0.15) is 0 Å². The summed E-state index contributed by atoms with van der Waals surface area (Å²) < 4.78 is 0. The number of hydrogen-bond acceptors (Lipinski definition) is 1. The van der Waals surface area contributed by atoms with Crippen molar-refractivity contribution in [3.63, 3.8) is 0 Å². The Balaban J connectivity index is 3.64. The van der Waals surface area contributed by atoms with Gasteiger partial charge in [0, 0.05) is 0 Å². The molecular weight excluding hydrogens is 148 g/mol. The van der Waals surface area contributed by atoms with E-state index in [1.165, 1.54) is 0 Å². The Bertz CT molecular complexity index is 113. The van der Waals surface area contributed by atoms with E-state index in [2.05, 4.69) is 34.6 Å². The van der Waals surface area contributed by atoms with Crippen molar-refractivity contribution < 1.29 is 5.11 Å². The molecule has 0 spiro atoms. The van der Waals surface area contributed by atoms with Gasteiger partial charge in [-0.25, -0.2) is 0 Å². The molecule has 1 nitrogen and oxygen atoms in total. The topological polar surface area (TPSA) is 20.2 Å². The summed E-state index contributed by atoms with van der Waals surface area (Å²) in [6, 6.07) is 0. The van der Waals surface area contributed by atoms with Crippen LogP contribution in [0.25, 0.3) is 0 Å². The lowest BCUT2D eigenvalue weighted by Gasteiger charge is -2.23. The molecule has 0 bridgehead atoms. The molecule has 0 aromatic rings. The average molecular weight is 172 g/mol. The van der Waals surface area contributed by atoms with Crippen LogP contribution >= 0.6 is 0 Å². The van der Waals surface area contributed by atoms with Crippen LogP contribution in [0.5, 0.6) is 0 Å². The highest BCUT2D eigenvalue weighted by Crippen LogP contribution is 2.24. The zero-order valence-electron chi connectivity index (χ0n) is 9.22. The van der Waals surface area contributed by atoms with Crippen molar-refractivity contribution in [3.05, 3.63) is 0 Å². The molecule has 74 valence electrons. The van der Waals surface area contributed by atoms with Crippen molar-refractivity contribution in [2.24, 2.45) is 11.3 Å². The van der Waals surface area contributed by atoms with Crippen molar-refractivity contribution in [2.45, 2.75) is 60.0 Å². The maximum Gasteiger partial charge on any atom is 0.0565 e. The first-order chi connectivity index (χ1) is 5.37. The number of aliphatic hydroxyl groups is 1. The fourth-order valence-electron chi connectivity index (χ4n) is 1.14. The first-order valence-electron chi connectivity index (χ1n) is 5.05. The molecule has 0 heterocycles. The number of rotatable bonds is 4. The lowest BCUT2D eigenvalue weighted by Crippen LogP contribution is -2.19. The number of hydrogen-bond donors (Lipinski definition) is 1. The minimum absolute atomic E-state index is 0.103. The van der Waals surface area contributed by atoms with Crippen LogP contribution in [0.1, 0.15) is 53.9 Å². The lowest BCUT2D eigenvalue weighted by molar-refractivity contribution is 0.0922. The molecule has 1 heteroatoms. The van der Waals surface area contributed by atoms with Gasteiger partial charge in [0.15, 0.2) is 0 Å². The van der Waals surface area contributed by atoms with Crippen molar-refractivity contribution in [1.82, 2.24) is 0 Å². The summed E-state index contributed by atoms with van der Waals surface area (Å²) in [6.45, 7) is 10.9. The molecule has 0 fully saturated rings. The fraction of sp³-hybridized carbons (Fsp3) is 1.00. The first kappa shape index (κ1) is 12.0. The summed E-state index contributed by atoms with van der Waals surface area (Å²) in [5, 5.41) is 9.68. The molecule has 0 aromatic heterocycles. The van der Waals surface area contributed by atoms with Gasteiger partial charge in [0.05, 0.1) is 6.10 Å². The van der Waals surface area contributed by atoms with Crippen LogP contribution in [0.2, 0.25) is 0 Å². The van der Waals surface area contributed by atoms with Crippen LogP contribution < -0.4 is 0 Å². The smallest absolute Gasteiger partial charge is 0.0565 e. The van der Waals surface area contributed by atoms with Crippen LogP contribution in [0.4, 0.5) is 0 Å². The Morgan fingerprint density at radius 2 is 1.75 bits per heavy atom. The SMILES string of the molecule is CCC(C)C(O)CCC(C)(C)C. The zero-order chi connectivity index (χ0) is 9.78. The Morgan fingerprint density at radius 1 is 1.25 bits per heavy atom. The third kappa shape index (κ3) is 5.59. The third-order valence-electron chi connectivity index (χ3n) is 2.49. The van der Waals surface area contributed by atoms with Gasteiger partial charge >= 0.3 is 0 Å². The van der Waals surface area contributed by atoms with Gasteiger partial charge in [-0.05, 0) is 24.2 Å². The molecule has 0 aliphatic carbocycles. The van der Waals surface area contributed by atoms with Crippen LogP contribution in [0.15, 0.2) is 0 Å². The van der Waals surface area contributed by atoms with Gasteiger partial charge in [0.25, 0.3) is 0 Å². The molecule has 0 radical (unpaired) electrons. The molecule has 1 N–H and O–H groups in total. The highest BCUT2D eigenvalue weighted by atomic mass is 16.3. The highest BCUT2D eigenvalue weighted by molar-refractivity contribution is 4.68. The van der Waals surface area contributed by atoms with Gasteiger partial charge in [-0.3, -0.25) is 0 Å². The highest BCUT2D eigenvalue weighted by Gasteiger charge is 2.16. The minimum Gasteiger partial charge on any atom is -0.393 e. The van der Waals surface area contributed by atoms with E-state index in [0.717, 1.165) is 19.3 Å². The molecule has 0 saturated carbocycles. The summed E-state index contributed by atoms with van der Waals surface area (Å²) in [5.41, 5.74) is 0.356. The molecule has 12 heavy (non-hydrogen) atoms. The van der Waals surface area contributed by atoms with Crippen LogP contribution in [-0.4, -0.2) is 11.2 Å². The maximum atomic E-state index is 9.68. The lowest BCUT2D eigenvalue weighted by atomic mass is 9.86. The zero-order valence-corrected chi connectivity index (χ0v) is 9.22. The van der Waals surface area contributed by atoms with Gasteiger partial charge in [-0.2, -0.15) is 0 Å². The monoisotopic (exact) mass is 172 g/mol. The van der Waals surface area contributed by atoms with E-state index >= 15 is 0 Å². The quantitative estimate of drug-likeness (QED) is 0.690. The molecule has 0 aliphatic rings. The molecule has 0 amide bonds. The van der Waals surface area contributed by atoms with E-state index in [-0.39, 0.29) is 6.10 Å². The standard InChI is InChI=1S/C11H24O/c1-6-9(2)10(12)7-8-11(3,4)5/h9-10,12H,6-8H2,1-5H3. The largest absolute Gasteiger partial charge is 0.393 e. The van der Waals surface area contributed by atoms with Gasteiger partial charge < -0.3 is 5.11 Å². The summed E-state index contributed by atoms with van der Waals surface area (Å²) in [5.74, 6) is 0.451. The number of aliphatic hydroxyl groups excluding tert-OH is 1. The summed E-state index contributed by atoms with van der Waals surface area (Å²) in [7, 11) is 0. The van der Waals surface area contributed by atoms with E-state index in [9.17, 15) is 5.11 Å². The summed E-state index contributed by atoms with van der Waals surface area (Å²) in [6.07, 6.45) is 3.02. The Kier molecular flexibility index (Phi) is 4.84. The van der Waals surface area contributed by atoms with Crippen LogP contribution in [-0.2, 0) is 0 Å². The summed E-state index contributed by atoms with van der Waals surface area (Å²) in [4.78, 5) is 0. The van der Waals surface area contributed by atoms with E-state index in [4.69, 9.17) is 0 Å². The average Bonchev–Trinajstić information content (AvgIpc) is 1.97. The van der Waals surface area contributed by atoms with E-state index in [1.54, 1.807) is 0 Å².